The van der Waals surface area contributed by atoms with Crippen molar-refractivity contribution in [2.24, 2.45) is 5.92 Å². The third kappa shape index (κ3) is 5.88. The van der Waals surface area contributed by atoms with Gasteiger partial charge in [-0.15, -0.1) is 0 Å². The normalized spacial score (nSPS) is 12.5. The Morgan fingerprint density at radius 2 is 1.66 bits per heavy atom. The van der Waals surface area contributed by atoms with Crippen LogP contribution in [0.15, 0.2) is 48.7 Å². The fourth-order valence-electron chi connectivity index (χ4n) is 3.03. The Morgan fingerprint density at radius 1 is 0.966 bits per heavy atom. The maximum absolute atomic E-state index is 13.2. The lowest BCUT2D eigenvalue weighted by Gasteiger charge is -2.24. The molecule has 0 bridgehead atoms. The van der Waals surface area contributed by atoms with Crippen molar-refractivity contribution in [2.75, 3.05) is 20.3 Å². The number of benzene rings is 1. The summed E-state index contributed by atoms with van der Waals surface area (Å²) in [5, 5.41) is 0. The molecule has 2 aromatic rings. The van der Waals surface area contributed by atoms with Crippen LogP contribution in [0.25, 0.3) is 0 Å². The van der Waals surface area contributed by atoms with Crippen molar-refractivity contribution < 1.29 is 28.6 Å². The van der Waals surface area contributed by atoms with E-state index in [1.54, 1.807) is 50.2 Å². The van der Waals surface area contributed by atoms with Crippen molar-refractivity contribution in [1.29, 1.82) is 0 Å². The Kier molecular flexibility index (Phi) is 8.33. The number of pyridine rings is 1. The molecule has 1 heterocycles. The molecule has 29 heavy (non-hydrogen) atoms. The summed E-state index contributed by atoms with van der Waals surface area (Å²) in [6.07, 6.45) is 1.32. The molecule has 0 aliphatic rings. The Hall–Kier alpha value is -3.22. The minimum atomic E-state index is -1.23. The van der Waals surface area contributed by atoms with Crippen molar-refractivity contribution in [3.05, 3.63) is 59.9 Å². The fraction of sp³-hybridized carbons (Fsp3) is 0.364. The zero-order valence-corrected chi connectivity index (χ0v) is 16.8. The molecule has 0 fully saturated rings. The number of hydrogen-bond donors (Lipinski definition) is 0. The lowest BCUT2D eigenvalue weighted by atomic mass is 9.80. The van der Waals surface area contributed by atoms with Crippen LogP contribution in [0.5, 0.6) is 5.75 Å². The second-order valence-corrected chi connectivity index (χ2v) is 6.20. The summed E-state index contributed by atoms with van der Waals surface area (Å²) >= 11 is 0. The van der Waals surface area contributed by atoms with E-state index in [9.17, 15) is 14.4 Å². The van der Waals surface area contributed by atoms with Crippen LogP contribution in [-0.4, -0.2) is 43.0 Å². The molecular formula is C22H25NO6. The minimum Gasteiger partial charge on any atom is -0.497 e. The first-order valence-electron chi connectivity index (χ1n) is 9.43. The second kappa shape index (κ2) is 10.9. The van der Waals surface area contributed by atoms with Gasteiger partial charge in [0.15, 0.2) is 5.78 Å². The predicted molar refractivity (Wildman–Crippen MR) is 106 cm³/mol. The highest BCUT2D eigenvalue weighted by molar-refractivity contribution is 6.08. The third-order valence-electron chi connectivity index (χ3n) is 4.38. The summed E-state index contributed by atoms with van der Waals surface area (Å²) in [4.78, 5) is 42.3. The number of rotatable bonds is 10. The molecule has 0 saturated heterocycles. The minimum absolute atomic E-state index is 0.111. The van der Waals surface area contributed by atoms with E-state index in [1.165, 1.54) is 19.4 Å². The van der Waals surface area contributed by atoms with Crippen molar-refractivity contribution in [3.8, 4) is 5.75 Å². The molecule has 7 heteroatoms. The van der Waals surface area contributed by atoms with E-state index >= 15 is 0 Å². The topological polar surface area (TPSA) is 91.8 Å². The van der Waals surface area contributed by atoms with Gasteiger partial charge >= 0.3 is 11.9 Å². The zero-order chi connectivity index (χ0) is 21.2. The van der Waals surface area contributed by atoms with E-state index < -0.39 is 29.6 Å². The average Bonchev–Trinajstić information content (AvgIpc) is 2.74. The van der Waals surface area contributed by atoms with E-state index in [0.717, 1.165) is 0 Å². The van der Waals surface area contributed by atoms with Gasteiger partial charge in [-0.2, -0.15) is 0 Å². The number of carbonyl (C=O) groups excluding carboxylic acids is 3. The number of hydrogen-bond acceptors (Lipinski definition) is 7. The predicted octanol–water partition coefficient (Wildman–Crippen LogP) is 3.19. The van der Waals surface area contributed by atoms with Gasteiger partial charge in [0.25, 0.3) is 0 Å². The van der Waals surface area contributed by atoms with Gasteiger partial charge in [0.05, 0.1) is 26.7 Å². The summed E-state index contributed by atoms with van der Waals surface area (Å²) in [6, 6.07) is 11.7. The molecule has 1 aromatic carbocycles. The third-order valence-corrected chi connectivity index (χ3v) is 4.38. The van der Waals surface area contributed by atoms with E-state index in [-0.39, 0.29) is 25.3 Å². The van der Waals surface area contributed by atoms with Crippen LogP contribution in [0.3, 0.4) is 0 Å². The van der Waals surface area contributed by atoms with E-state index in [1.807, 2.05) is 0 Å². The van der Waals surface area contributed by atoms with Crippen molar-refractivity contribution >= 4 is 17.7 Å². The number of methoxy groups -OCH3 is 1. The van der Waals surface area contributed by atoms with E-state index in [2.05, 4.69) is 4.98 Å². The van der Waals surface area contributed by atoms with Crippen LogP contribution in [0.1, 0.15) is 42.2 Å². The summed E-state index contributed by atoms with van der Waals surface area (Å²) in [7, 11) is 1.54. The summed E-state index contributed by atoms with van der Waals surface area (Å²) in [5.74, 6) is -3.09. The summed E-state index contributed by atoms with van der Waals surface area (Å²) in [5.41, 5.74) is 0.758. The van der Waals surface area contributed by atoms with Crippen LogP contribution < -0.4 is 4.74 Å². The summed E-state index contributed by atoms with van der Waals surface area (Å²) in [6.45, 7) is 3.67. The Morgan fingerprint density at radius 3 is 2.21 bits per heavy atom. The highest BCUT2D eigenvalue weighted by Gasteiger charge is 2.39. The van der Waals surface area contributed by atoms with Crippen molar-refractivity contribution in [3.63, 3.8) is 0 Å². The van der Waals surface area contributed by atoms with Gasteiger partial charge < -0.3 is 14.2 Å². The molecular weight excluding hydrogens is 374 g/mol. The molecule has 0 spiro atoms. The molecule has 2 rings (SSSR count). The molecule has 1 aromatic heterocycles. The number of ketones is 1. The largest absolute Gasteiger partial charge is 0.497 e. The van der Waals surface area contributed by atoms with Crippen LogP contribution in [-0.2, 0) is 19.1 Å². The van der Waals surface area contributed by atoms with Gasteiger partial charge in [0, 0.05) is 12.1 Å². The molecule has 2 atom stereocenters. The number of esters is 2. The van der Waals surface area contributed by atoms with Crippen LogP contribution in [0.2, 0.25) is 0 Å². The standard InChI is InChI=1S/C22H25NO6/c1-4-28-19(24)14-17(15-9-11-16(27-3)12-10-15)20(22(26)29-5-2)21(25)18-8-6-7-13-23-18/h6-13,17,20H,4-5,14H2,1-3H3/t17-,20-/m0/s1. The molecule has 0 aliphatic heterocycles. The first-order chi connectivity index (χ1) is 14.0. The maximum Gasteiger partial charge on any atom is 0.317 e. The van der Waals surface area contributed by atoms with Gasteiger partial charge in [-0.1, -0.05) is 18.2 Å². The SMILES string of the molecule is CCOC(=O)C[C@@H](c1ccc(OC)cc1)[C@H](C(=O)OCC)C(=O)c1ccccn1. The molecule has 7 nitrogen and oxygen atoms in total. The molecule has 154 valence electrons. The quantitative estimate of drug-likeness (QED) is 0.344. The van der Waals surface area contributed by atoms with Crippen LogP contribution >= 0.6 is 0 Å². The van der Waals surface area contributed by atoms with Crippen LogP contribution in [0, 0.1) is 5.92 Å². The highest BCUT2D eigenvalue weighted by Crippen LogP contribution is 2.33. The second-order valence-electron chi connectivity index (χ2n) is 6.20. The number of ether oxygens (including phenoxy) is 3. The van der Waals surface area contributed by atoms with Crippen molar-refractivity contribution in [2.45, 2.75) is 26.2 Å². The maximum atomic E-state index is 13.2. The lowest BCUT2D eigenvalue weighted by molar-refractivity contribution is -0.148. The Bertz CT molecular complexity index is 819. The van der Waals surface area contributed by atoms with Gasteiger partial charge in [-0.25, -0.2) is 0 Å². The molecule has 0 saturated carbocycles. The van der Waals surface area contributed by atoms with E-state index in [4.69, 9.17) is 14.2 Å². The summed E-state index contributed by atoms with van der Waals surface area (Å²) < 4.78 is 15.4. The molecule has 0 amide bonds. The monoisotopic (exact) mass is 399 g/mol. The number of nitrogens with zero attached hydrogens (tertiary/aromatic N) is 1. The molecule has 0 aliphatic carbocycles. The Balaban J connectivity index is 2.50. The number of aromatic nitrogens is 1. The number of carbonyl (C=O) groups is 3. The first kappa shape index (κ1) is 22.1. The smallest absolute Gasteiger partial charge is 0.317 e. The van der Waals surface area contributed by atoms with Gasteiger partial charge in [0.2, 0.25) is 0 Å². The molecule has 0 unspecified atom stereocenters. The molecule has 0 N–H and O–H groups in total. The highest BCUT2D eigenvalue weighted by atomic mass is 16.5. The molecule has 0 radical (unpaired) electrons. The fourth-order valence-corrected chi connectivity index (χ4v) is 3.03. The first-order valence-corrected chi connectivity index (χ1v) is 9.43. The van der Waals surface area contributed by atoms with E-state index in [0.29, 0.717) is 11.3 Å². The Labute approximate surface area is 170 Å². The van der Waals surface area contributed by atoms with Gasteiger partial charge in [-0.05, 0) is 43.7 Å². The number of Topliss-reactive ketones (excluding diaryl/α,β-unsaturated/α-hetero) is 1. The van der Waals surface area contributed by atoms with Crippen molar-refractivity contribution in [1.82, 2.24) is 4.98 Å². The van der Waals surface area contributed by atoms with Gasteiger partial charge in [-0.3, -0.25) is 19.4 Å². The van der Waals surface area contributed by atoms with Crippen LogP contribution in [0.4, 0.5) is 0 Å². The average molecular weight is 399 g/mol. The lowest BCUT2D eigenvalue weighted by Crippen LogP contribution is -2.34. The zero-order valence-electron chi connectivity index (χ0n) is 16.8. The van der Waals surface area contributed by atoms with Gasteiger partial charge in [0.1, 0.15) is 17.4 Å².